The first-order valence-corrected chi connectivity index (χ1v) is 12.0. The van der Waals surface area contributed by atoms with Gasteiger partial charge in [0.1, 0.15) is 16.4 Å². The highest BCUT2D eigenvalue weighted by atomic mass is 35.5. The second-order valence-electron chi connectivity index (χ2n) is 9.23. The molecular formula is C24H27Cl4NO3. The van der Waals surface area contributed by atoms with Gasteiger partial charge >= 0.3 is 6.09 Å². The molecule has 1 heterocycles. The van der Waals surface area contributed by atoms with E-state index in [4.69, 9.17) is 55.9 Å². The lowest BCUT2D eigenvalue weighted by molar-refractivity contribution is 0.00241. The first kappa shape index (κ1) is 25.3. The molecule has 0 radical (unpaired) electrons. The molecule has 2 aromatic carbocycles. The Morgan fingerprint density at radius 3 is 2.31 bits per heavy atom. The van der Waals surface area contributed by atoms with Crippen LogP contribution in [0, 0.1) is 5.41 Å². The van der Waals surface area contributed by atoms with Gasteiger partial charge < -0.3 is 14.4 Å². The van der Waals surface area contributed by atoms with E-state index in [9.17, 15) is 4.79 Å². The Morgan fingerprint density at radius 2 is 1.69 bits per heavy atom. The van der Waals surface area contributed by atoms with E-state index < -0.39 is 5.60 Å². The molecule has 2 aromatic rings. The molecule has 0 atom stereocenters. The third-order valence-corrected chi connectivity index (χ3v) is 7.03. The summed E-state index contributed by atoms with van der Waals surface area (Å²) in [5.41, 5.74) is 0.310. The van der Waals surface area contributed by atoms with E-state index in [1.807, 2.05) is 32.9 Å². The van der Waals surface area contributed by atoms with Gasteiger partial charge in [0.2, 0.25) is 0 Å². The van der Waals surface area contributed by atoms with Crippen LogP contribution in [0.25, 0.3) is 0 Å². The fourth-order valence-electron chi connectivity index (χ4n) is 3.77. The minimum atomic E-state index is -0.530. The van der Waals surface area contributed by atoms with E-state index in [0.717, 1.165) is 24.8 Å². The Labute approximate surface area is 209 Å². The molecule has 174 valence electrons. The maximum Gasteiger partial charge on any atom is 0.410 e. The van der Waals surface area contributed by atoms with Crippen LogP contribution in [0.5, 0.6) is 5.75 Å². The predicted molar refractivity (Wildman–Crippen MR) is 132 cm³/mol. The van der Waals surface area contributed by atoms with Gasteiger partial charge in [0.05, 0.1) is 21.7 Å². The third-order valence-electron chi connectivity index (χ3n) is 5.49. The number of carbonyl (C=O) groups excluding carboxylic acids is 1. The van der Waals surface area contributed by atoms with Gasteiger partial charge in [-0.2, -0.15) is 0 Å². The quantitative estimate of drug-likeness (QED) is 0.403. The van der Waals surface area contributed by atoms with Crippen LogP contribution in [0.15, 0.2) is 36.4 Å². The van der Waals surface area contributed by atoms with Crippen LogP contribution in [0.1, 0.15) is 39.2 Å². The van der Waals surface area contributed by atoms with Gasteiger partial charge in [0, 0.05) is 18.5 Å². The van der Waals surface area contributed by atoms with Crippen molar-refractivity contribution in [3.8, 4) is 5.75 Å². The number of nitrogens with zero attached hydrogens (tertiary/aromatic N) is 1. The number of likely N-dealkylation sites (tertiary alicyclic amines) is 1. The smallest absolute Gasteiger partial charge is 0.410 e. The summed E-state index contributed by atoms with van der Waals surface area (Å²) < 4.78 is 11.7. The molecule has 3 rings (SSSR count). The summed E-state index contributed by atoms with van der Waals surface area (Å²) >= 11 is 24.8. The molecule has 0 spiro atoms. The van der Waals surface area contributed by atoms with Crippen molar-refractivity contribution >= 4 is 52.5 Å². The average Bonchev–Trinajstić information content (AvgIpc) is 2.71. The van der Waals surface area contributed by atoms with Gasteiger partial charge in [-0.25, -0.2) is 4.79 Å². The van der Waals surface area contributed by atoms with Gasteiger partial charge in [0.15, 0.2) is 0 Å². The standard InChI is InChI=1S/C24H27Cl4NO3/c1-23(2,3)32-22(30)29-11-9-24(10-12-29,14-16-7-8-17(25)19(27)13-16)15-31-20-6-4-5-18(26)21(20)28/h4-8,13H,9-12,14-15H2,1-3H3. The molecule has 8 heteroatoms. The fourth-order valence-corrected chi connectivity index (χ4v) is 4.44. The van der Waals surface area contributed by atoms with Gasteiger partial charge in [0.25, 0.3) is 0 Å². The normalized spacial score (nSPS) is 16.0. The monoisotopic (exact) mass is 517 g/mol. The summed E-state index contributed by atoms with van der Waals surface area (Å²) in [5.74, 6) is 0.544. The maximum atomic E-state index is 12.5. The molecule has 0 saturated carbocycles. The molecule has 0 bridgehead atoms. The van der Waals surface area contributed by atoms with Crippen molar-refractivity contribution in [3.63, 3.8) is 0 Å². The molecule has 1 aliphatic heterocycles. The van der Waals surface area contributed by atoms with Crippen molar-refractivity contribution < 1.29 is 14.3 Å². The van der Waals surface area contributed by atoms with Crippen molar-refractivity contribution in [2.24, 2.45) is 5.41 Å². The first-order chi connectivity index (χ1) is 15.0. The third kappa shape index (κ3) is 6.60. The molecule has 32 heavy (non-hydrogen) atoms. The number of piperidine rings is 1. The maximum absolute atomic E-state index is 12.5. The summed E-state index contributed by atoms with van der Waals surface area (Å²) in [5, 5.41) is 1.88. The molecule has 0 aliphatic carbocycles. The van der Waals surface area contributed by atoms with Crippen molar-refractivity contribution in [1.82, 2.24) is 4.90 Å². The molecule has 0 N–H and O–H groups in total. The lowest BCUT2D eigenvalue weighted by Crippen LogP contribution is -2.47. The van der Waals surface area contributed by atoms with Crippen LogP contribution >= 0.6 is 46.4 Å². The molecule has 1 amide bonds. The molecule has 0 aromatic heterocycles. The van der Waals surface area contributed by atoms with Gasteiger partial charge in [-0.05, 0) is 69.9 Å². The highest BCUT2D eigenvalue weighted by molar-refractivity contribution is 6.43. The second kappa shape index (κ2) is 10.3. The van der Waals surface area contributed by atoms with Crippen LogP contribution in [-0.2, 0) is 11.2 Å². The van der Waals surface area contributed by atoms with E-state index in [-0.39, 0.29) is 11.5 Å². The van der Waals surface area contributed by atoms with Crippen molar-refractivity contribution in [2.45, 2.75) is 45.6 Å². The van der Waals surface area contributed by atoms with Crippen molar-refractivity contribution in [3.05, 3.63) is 62.1 Å². The Balaban J connectivity index is 1.78. The topological polar surface area (TPSA) is 38.8 Å². The zero-order chi connectivity index (χ0) is 23.5. The number of benzene rings is 2. The highest BCUT2D eigenvalue weighted by Gasteiger charge is 2.38. The largest absolute Gasteiger partial charge is 0.491 e. The zero-order valence-electron chi connectivity index (χ0n) is 18.4. The molecule has 4 nitrogen and oxygen atoms in total. The Hall–Kier alpha value is -1.33. The lowest BCUT2D eigenvalue weighted by Gasteiger charge is -2.42. The summed E-state index contributed by atoms with van der Waals surface area (Å²) in [6.07, 6.45) is 1.92. The van der Waals surface area contributed by atoms with Gasteiger partial charge in [-0.3, -0.25) is 0 Å². The number of rotatable bonds is 5. The summed E-state index contributed by atoms with van der Waals surface area (Å²) in [6, 6.07) is 11.0. The Kier molecular flexibility index (Phi) is 8.14. The SMILES string of the molecule is CC(C)(C)OC(=O)N1CCC(COc2cccc(Cl)c2Cl)(Cc2ccc(Cl)c(Cl)c2)CC1. The van der Waals surface area contributed by atoms with Crippen LogP contribution in [0.2, 0.25) is 20.1 Å². The number of halogens is 4. The molecule has 1 saturated heterocycles. The molecule has 1 fully saturated rings. The van der Waals surface area contributed by atoms with E-state index in [2.05, 4.69) is 0 Å². The molecule has 1 aliphatic rings. The van der Waals surface area contributed by atoms with E-state index >= 15 is 0 Å². The summed E-state index contributed by atoms with van der Waals surface area (Å²) in [6.45, 7) is 7.17. The minimum absolute atomic E-state index is 0.221. The zero-order valence-corrected chi connectivity index (χ0v) is 21.4. The highest BCUT2D eigenvalue weighted by Crippen LogP contribution is 2.39. The van der Waals surface area contributed by atoms with Gasteiger partial charge in [-0.15, -0.1) is 0 Å². The number of amides is 1. The molecular weight excluding hydrogens is 492 g/mol. The Bertz CT molecular complexity index is 966. The second-order valence-corrected chi connectivity index (χ2v) is 10.8. The van der Waals surface area contributed by atoms with Crippen LogP contribution in [0.4, 0.5) is 4.79 Å². The summed E-state index contributed by atoms with van der Waals surface area (Å²) in [4.78, 5) is 14.3. The van der Waals surface area contributed by atoms with Crippen LogP contribution in [-0.4, -0.2) is 36.3 Å². The lowest BCUT2D eigenvalue weighted by atomic mass is 9.74. The number of ether oxygens (including phenoxy) is 2. The predicted octanol–water partition coefficient (Wildman–Crippen LogP) is 7.94. The van der Waals surface area contributed by atoms with Gasteiger partial charge in [-0.1, -0.05) is 58.5 Å². The van der Waals surface area contributed by atoms with E-state index in [0.29, 0.717) is 45.5 Å². The first-order valence-electron chi connectivity index (χ1n) is 10.5. The van der Waals surface area contributed by atoms with E-state index in [1.165, 1.54) is 0 Å². The Morgan fingerprint density at radius 1 is 1.00 bits per heavy atom. The average molecular weight is 519 g/mol. The van der Waals surface area contributed by atoms with Crippen LogP contribution < -0.4 is 4.74 Å². The van der Waals surface area contributed by atoms with Crippen molar-refractivity contribution in [2.75, 3.05) is 19.7 Å². The van der Waals surface area contributed by atoms with Crippen LogP contribution in [0.3, 0.4) is 0 Å². The van der Waals surface area contributed by atoms with Crippen molar-refractivity contribution in [1.29, 1.82) is 0 Å². The number of hydrogen-bond acceptors (Lipinski definition) is 3. The summed E-state index contributed by atoms with van der Waals surface area (Å²) in [7, 11) is 0. The number of carbonyl (C=O) groups is 1. The van der Waals surface area contributed by atoms with E-state index in [1.54, 1.807) is 29.2 Å². The number of hydrogen-bond donors (Lipinski definition) is 0. The minimum Gasteiger partial charge on any atom is -0.491 e. The molecule has 0 unspecified atom stereocenters. The fraction of sp³-hybridized carbons (Fsp3) is 0.458.